The van der Waals surface area contributed by atoms with Crippen molar-refractivity contribution in [2.75, 3.05) is 6.54 Å². The fraction of sp³-hybridized carbons (Fsp3) is 0.471. The van der Waals surface area contributed by atoms with Crippen LogP contribution in [0.3, 0.4) is 0 Å². The van der Waals surface area contributed by atoms with Crippen molar-refractivity contribution < 1.29 is 9.59 Å². The highest BCUT2D eigenvalue weighted by molar-refractivity contribution is 5.75. The van der Waals surface area contributed by atoms with E-state index in [0.717, 1.165) is 25.1 Å². The van der Waals surface area contributed by atoms with Gasteiger partial charge in [0.15, 0.2) is 0 Å². The molecule has 25 heavy (non-hydrogen) atoms. The number of imidazole rings is 1. The summed E-state index contributed by atoms with van der Waals surface area (Å²) in [5, 5.41) is 2.86. The van der Waals surface area contributed by atoms with Crippen LogP contribution in [0.4, 0.5) is 0 Å². The van der Waals surface area contributed by atoms with Gasteiger partial charge in [-0.05, 0) is 12.8 Å². The molecule has 0 aromatic carbocycles. The first-order valence-electron chi connectivity index (χ1n) is 8.44. The van der Waals surface area contributed by atoms with Crippen molar-refractivity contribution in [2.45, 2.75) is 45.3 Å². The second kappa shape index (κ2) is 7.87. The van der Waals surface area contributed by atoms with Crippen LogP contribution in [-0.4, -0.2) is 42.8 Å². The molecule has 0 aliphatic carbocycles. The van der Waals surface area contributed by atoms with E-state index in [1.165, 1.54) is 0 Å². The maximum atomic E-state index is 11.9. The van der Waals surface area contributed by atoms with Gasteiger partial charge in [0.2, 0.25) is 11.8 Å². The van der Waals surface area contributed by atoms with Crippen molar-refractivity contribution in [1.29, 1.82) is 0 Å². The van der Waals surface area contributed by atoms with Gasteiger partial charge in [0, 0.05) is 38.8 Å². The summed E-state index contributed by atoms with van der Waals surface area (Å²) in [5.41, 5.74) is 1.49. The topological polar surface area (TPSA) is 93.0 Å². The zero-order chi connectivity index (χ0) is 17.6. The van der Waals surface area contributed by atoms with Gasteiger partial charge in [-0.25, -0.2) is 4.98 Å². The van der Waals surface area contributed by atoms with E-state index in [4.69, 9.17) is 0 Å². The van der Waals surface area contributed by atoms with Crippen LogP contribution in [-0.2, 0) is 22.7 Å². The quantitative estimate of drug-likeness (QED) is 0.847. The van der Waals surface area contributed by atoms with Crippen LogP contribution < -0.4 is 5.32 Å². The lowest BCUT2D eigenvalue weighted by molar-refractivity contribution is -0.129. The molecule has 8 nitrogen and oxygen atoms in total. The van der Waals surface area contributed by atoms with E-state index >= 15 is 0 Å². The third kappa shape index (κ3) is 4.40. The Morgan fingerprint density at radius 3 is 2.96 bits per heavy atom. The van der Waals surface area contributed by atoms with E-state index < -0.39 is 0 Å². The Morgan fingerprint density at radius 1 is 1.32 bits per heavy atom. The zero-order valence-electron chi connectivity index (χ0n) is 14.3. The maximum absolute atomic E-state index is 11.9. The van der Waals surface area contributed by atoms with Gasteiger partial charge in [-0.2, -0.15) is 0 Å². The molecular formula is C17H22N6O2. The van der Waals surface area contributed by atoms with Crippen LogP contribution in [0.1, 0.15) is 43.6 Å². The summed E-state index contributed by atoms with van der Waals surface area (Å²) in [7, 11) is 0. The number of carbonyl (C=O) groups is 2. The van der Waals surface area contributed by atoms with Crippen LogP contribution in [0.2, 0.25) is 0 Å². The standard InChI is InChI=1S/C17H22N6O2/c1-13(24)23-6-2-3-16(23)15-11-19-9-14(21-15)10-20-17(25)4-7-22-8-5-18-12-22/h5,8-9,11-12,16H,2-4,6-7,10H2,1H3,(H,20,25). The molecule has 1 saturated heterocycles. The molecule has 0 radical (unpaired) electrons. The lowest BCUT2D eigenvalue weighted by Crippen LogP contribution is -2.29. The van der Waals surface area contributed by atoms with Crippen LogP contribution in [0, 0.1) is 0 Å². The van der Waals surface area contributed by atoms with Crippen LogP contribution in [0.5, 0.6) is 0 Å². The Bertz CT molecular complexity index is 730. The zero-order valence-corrected chi connectivity index (χ0v) is 14.3. The minimum absolute atomic E-state index is 0.0121. The molecule has 1 atom stereocenters. The number of hydrogen-bond donors (Lipinski definition) is 1. The van der Waals surface area contributed by atoms with E-state index in [0.29, 0.717) is 25.2 Å². The van der Waals surface area contributed by atoms with E-state index in [9.17, 15) is 9.59 Å². The van der Waals surface area contributed by atoms with Gasteiger partial charge in [0.25, 0.3) is 0 Å². The van der Waals surface area contributed by atoms with Gasteiger partial charge in [-0.1, -0.05) is 0 Å². The van der Waals surface area contributed by atoms with Crippen molar-refractivity contribution >= 4 is 11.8 Å². The number of hydrogen-bond acceptors (Lipinski definition) is 5. The number of aromatic nitrogens is 4. The van der Waals surface area contributed by atoms with Gasteiger partial charge in [0.1, 0.15) is 0 Å². The Balaban J connectivity index is 1.54. The second-order valence-electron chi connectivity index (χ2n) is 6.13. The molecule has 3 heterocycles. The molecule has 1 N–H and O–H groups in total. The maximum Gasteiger partial charge on any atom is 0.222 e. The fourth-order valence-electron chi connectivity index (χ4n) is 3.05. The van der Waals surface area contributed by atoms with E-state index in [2.05, 4.69) is 20.3 Å². The van der Waals surface area contributed by atoms with Crippen LogP contribution in [0.15, 0.2) is 31.1 Å². The second-order valence-corrected chi connectivity index (χ2v) is 6.13. The summed E-state index contributed by atoms with van der Waals surface area (Å²) < 4.78 is 1.86. The molecule has 2 amide bonds. The van der Waals surface area contributed by atoms with Crippen molar-refractivity contribution in [3.05, 3.63) is 42.5 Å². The summed E-state index contributed by atoms with van der Waals surface area (Å²) in [4.78, 5) is 38.2. The number of likely N-dealkylation sites (tertiary alicyclic amines) is 1. The fourth-order valence-corrected chi connectivity index (χ4v) is 3.05. The molecule has 8 heteroatoms. The van der Waals surface area contributed by atoms with Gasteiger partial charge < -0.3 is 14.8 Å². The molecule has 0 spiro atoms. The van der Waals surface area contributed by atoms with E-state index in [1.807, 2.05) is 15.7 Å². The molecular weight excluding hydrogens is 320 g/mol. The monoisotopic (exact) mass is 342 g/mol. The molecule has 0 bridgehead atoms. The molecule has 1 aliphatic heterocycles. The predicted octanol–water partition coefficient (Wildman–Crippen LogP) is 1.06. The summed E-state index contributed by atoms with van der Waals surface area (Å²) in [6.07, 6.45) is 10.8. The SMILES string of the molecule is CC(=O)N1CCCC1c1cncc(CNC(=O)CCn2ccnc2)n1. The molecule has 3 rings (SSSR count). The average molecular weight is 342 g/mol. The smallest absolute Gasteiger partial charge is 0.222 e. The highest BCUT2D eigenvalue weighted by atomic mass is 16.2. The largest absolute Gasteiger partial charge is 0.350 e. The lowest BCUT2D eigenvalue weighted by atomic mass is 10.1. The molecule has 1 fully saturated rings. The van der Waals surface area contributed by atoms with E-state index in [-0.39, 0.29) is 17.9 Å². The van der Waals surface area contributed by atoms with E-state index in [1.54, 1.807) is 31.8 Å². The van der Waals surface area contributed by atoms with Crippen LogP contribution >= 0.6 is 0 Å². The predicted molar refractivity (Wildman–Crippen MR) is 90.1 cm³/mol. The first-order chi connectivity index (χ1) is 12.1. The molecule has 132 valence electrons. The number of nitrogens with one attached hydrogen (secondary N) is 1. The summed E-state index contributed by atoms with van der Waals surface area (Å²) in [5.74, 6) is 0.00893. The third-order valence-electron chi connectivity index (χ3n) is 4.32. The summed E-state index contributed by atoms with van der Waals surface area (Å²) in [6, 6.07) is -0.0121. The van der Waals surface area contributed by atoms with Gasteiger partial charge in [0.05, 0.1) is 42.7 Å². The highest BCUT2D eigenvalue weighted by Crippen LogP contribution is 2.30. The number of nitrogens with zero attached hydrogens (tertiary/aromatic N) is 5. The van der Waals surface area contributed by atoms with Crippen molar-refractivity contribution in [2.24, 2.45) is 0 Å². The first kappa shape index (κ1) is 17.1. The Hall–Kier alpha value is -2.77. The third-order valence-corrected chi connectivity index (χ3v) is 4.32. The van der Waals surface area contributed by atoms with Crippen molar-refractivity contribution in [3.8, 4) is 0 Å². The number of aryl methyl sites for hydroxylation is 1. The minimum Gasteiger partial charge on any atom is -0.350 e. The van der Waals surface area contributed by atoms with Gasteiger partial charge in [-0.3, -0.25) is 19.6 Å². The van der Waals surface area contributed by atoms with Crippen molar-refractivity contribution in [3.63, 3.8) is 0 Å². The summed E-state index contributed by atoms with van der Waals surface area (Å²) in [6.45, 7) is 3.26. The van der Waals surface area contributed by atoms with Crippen molar-refractivity contribution in [1.82, 2.24) is 29.7 Å². The first-order valence-corrected chi connectivity index (χ1v) is 8.44. The number of rotatable bonds is 6. The molecule has 0 saturated carbocycles. The minimum atomic E-state index is -0.0490. The molecule has 1 aliphatic rings. The Kier molecular flexibility index (Phi) is 5.37. The number of carbonyl (C=O) groups excluding carboxylic acids is 2. The Labute approximate surface area is 146 Å². The Morgan fingerprint density at radius 2 is 2.20 bits per heavy atom. The lowest BCUT2D eigenvalue weighted by Gasteiger charge is -2.22. The molecule has 1 unspecified atom stereocenters. The molecule has 2 aromatic heterocycles. The normalized spacial score (nSPS) is 16.8. The highest BCUT2D eigenvalue weighted by Gasteiger charge is 2.29. The average Bonchev–Trinajstić information content (AvgIpc) is 3.29. The van der Waals surface area contributed by atoms with Gasteiger partial charge in [-0.15, -0.1) is 0 Å². The van der Waals surface area contributed by atoms with Crippen LogP contribution in [0.25, 0.3) is 0 Å². The summed E-state index contributed by atoms with van der Waals surface area (Å²) >= 11 is 0. The number of amides is 2. The van der Waals surface area contributed by atoms with Gasteiger partial charge >= 0.3 is 0 Å². The molecule has 2 aromatic rings.